The minimum absolute atomic E-state index is 0.130. The molecule has 1 fully saturated rings. The van der Waals surface area contributed by atoms with Crippen LogP contribution in [-0.2, 0) is 22.0 Å². The molecular formula is C10H16ClN3O2S. The first-order chi connectivity index (χ1) is 8.02. The van der Waals surface area contributed by atoms with Crippen LogP contribution in [0.1, 0.15) is 38.4 Å². The molecule has 0 N–H and O–H groups in total. The first-order valence-corrected chi connectivity index (χ1v) is 8.20. The molecule has 2 rings (SSSR count). The third-order valence-corrected chi connectivity index (χ3v) is 4.43. The Morgan fingerprint density at radius 2 is 2.00 bits per heavy atom. The summed E-state index contributed by atoms with van der Waals surface area (Å²) in [5, 5.41) is 7.53. The van der Waals surface area contributed by atoms with Gasteiger partial charge in [-0.1, -0.05) is 25.7 Å². The molecule has 1 aliphatic rings. The molecule has 1 saturated carbocycles. The number of hydrogen-bond acceptors (Lipinski definition) is 4. The fourth-order valence-electron chi connectivity index (χ4n) is 2.44. The van der Waals surface area contributed by atoms with Gasteiger partial charge in [0.1, 0.15) is 5.82 Å². The van der Waals surface area contributed by atoms with Crippen molar-refractivity contribution in [2.45, 2.75) is 50.7 Å². The van der Waals surface area contributed by atoms with Crippen LogP contribution in [0.3, 0.4) is 0 Å². The van der Waals surface area contributed by atoms with Crippen LogP contribution >= 0.6 is 10.7 Å². The smallest absolute Gasteiger partial charge is 0.296 e. The number of hydrogen-bond donors (Lipinski definition) is 0. The summed E-state index contributed by atoms with van der Waals surface area (Å²) >= 11 is 0. The molecule has 1 aliphatic carbocycles. The van der Waals surface area contributed by atoms with Gasteiger partial charge in [0.15, 0.2) is 0 Å². The fraction of sp³-hybridized carbons (Fsp3) is 0.800. The van der Waals surface area contributed by atoms with Crippen molar-refractivity contribution in [3.63, 3.8) is 0 Å². The Morgan fingerprint density at radius 3 is 2.53 bits per heavy atom. The first kappa shape index (κ1) is 12.8. The van der Waals surface area contributed by atoms with E-state index in [-0.39, 0.29) is 5.16 Å². The second-order valence-corrected chi connectivity index (χ2v) is 6.90. The Kier molecular flexibility index (Phi) is 3.73. The van der Waals surface area contributed by atoms with Crippen molar-refractivity contribution in [3.05, 3.63) is 5.82 Å². The molecule has 1 aromatic rings. The molecule has 0 amide bonds. The summed E-state index contributed by atoms with van der Waals surface area (Å²) in [6.07, 6.45) is 5.70. The summed E-state index contributed by atoms with van der Waals surface area (Å²) in [4.78, 5) is 0. The van der Waals surface area contributed by atoms with Crippen LogP contribution in [0.25, 0.3) is 0 Å². The minimum Gasteiger partial charge on any atom is -0.301 e. The van der Waals surface area contributed by atoms with Crippen molar-refractivity contribution in [2.75, 3.05) is 0 Å². The van der Waals surface area contributed by atoms with Crippen LogP contribution in [-0.4, -0.2) is 23.2 Å². The number of halogens is 1. The highest BCUT2D eigenvalue weighted by Crippen LogP contribution is 2.28. The molecule has 17 heavy (non-hydrogen) atoms. The van der Waals surface area contributed by atoms with Crippen LogP contribution in [0.5, 0.6) is 0 Å². The van der Waals surface area contributed by atoms with Gasteiger partial charge in [0.05, 0.1) is 0 Å². The Morgan fingerprint density at radius 1 is 1.35 bits per heavy atom. The maximum Gasteiger partial charge on any atom is 0.296 e. The van der Waals surface area contributed by atoms with E-state index in [0.29, 0.717) is 12.5 Å². The molecule has 1 aromatic heterocycles. The molecule has 0 bridgehead atoms. The molecule has 0 unspecified atom stereocenters. The Balaban J connectivity index is 2.25. The van der Waals surface area contributed by atoms with Gasteiger partial charge in [-0.05, 0) is 12.8 Å². The SMILES string of the molecule is CCn1c(CC2CCCC2)nnc1S(=O)(=O)Cl. The lowest BCUT2D eigenvalue weighted by molar-refractivity contribution is 0.503. The molecule has 7 heteroatoms. The lowest BCUT2D eigenvalue weighted by Crippen LogP contribution is -2.11. The van der Waals surface area contributed by atoms with Gasteiger partial charge in [0.25, 0.3) is 14.2 Å². The van der Waals surface area contributed by atoms with Crippen LogP contribution in [0, 0.1) is 5.92 Å². The van der Waals surface area contributed by atoms with E-state index in [2.05, 4.69) is 10.2 Å². The Hall–Kier alpha value is -0.620. The van der Waals surface area contributed by atoms with Gasteiger partial charge in [-0.25, -0.2) is 8.42 Å². The molecular weight excluding hydrogens is 262 g/mol. The largest absolute Gasteiger partial charge is 0.301 e. The third-order valence-electron chi connectivity index (χ3n) is 3.27. The van der Waals surface area contributed by atoms with E-state index in [0.717, 1.165) is 12.2 Å². The van der Waals surface area contributed by atoms with E-state index >= 15 is 0 Å². The van der Waals surface area contributed by atoms with Crippen LogP contribution in [0.4, 0.5) is 0 Å². The summed E-state index contributed by atoms with van der Waals surface area (Å²) < 4.78 is 24.2. The highest BCUT2D eigenvalue weighted by molar-refractivity contribution is 8.13. The molecule has 0 saturated heterocycles. The van der Waals surface area contributed by atoms with E-state index in [1.807, 2.05) is 6.92 Å². The lowest BCUT2D eigenvalue weighted by atomic mass is 10.0. The first-order valence-electron chi connectivity index (χ1n) is 5.89. The third kappa shape index (κ3) is 2.80. The normalized spacial score (nSPS) is 17.8. The van der Waals surface area contributed by atoms with Crippen molar-refractivity contribution in [1.29, 1.82) is 0 Å². The molecule has 0 aromatic carbocycles. The second-order valence-electron chi connectivity index (χ2n) is 4.44. The number of nitrogens with zero attached hydrogens (tertiary/aromatic N) is 3. The molecule has 5 nitrogen and oxygen atoms in total. The second kappa shape index (κ2) is 4.94. The van der Waals surface area contributed by atoms with Crippen molar-refractivity contribution < 1.29 is 8.42 Å². The van der Waals surface area contributed by atoms with Gasteiger partial charge in [-0.2, -0.15) is 0 Å². The van der Waals surface area contributed by atoms with Gasteiger partial charge >= 0.3 is 0 Å². The fourth-order valence-corrected chi connectivity index (χ4v) is 3.42. The van der Waals surface area contributed by atoms with Crippen LogP contribution in [0.15, 0.2) is 5.16 Å². The molecule has 0 radical (unpaired) electrons. The molecule has 1 heterocycles. The Labute approximate surface area is 106 Å². The molecule has 96 valence electrons. The van der Waals surface area contributed by atoms with E-state index in [9.17, 15) is 8.42 Å². The van der Waals surface area contributed by atoms with Gasteiger partial charge in [-0.15, -0.1) is 10.2 Å². The quantitative estimate of drug-likeness (QED) is 0.789. The highest BCUT2D eigenvalue weighted by atomic mass is 35.7. The standard InChI is InChI=1S/C10H16ClN3O2S/c1-2-14-9(7-8-5-3-4-6-8)12-13-10(14)17(11,15)16/h8H,2-7H2,1H3. The predicted molar refractivity (Wildman–Crippen MR) is 64.4 cm³/mol. The monoisotopic (exact) mass is 277 g/mol. The summed E-state index contributed by atoms with van der Waals surface area (Å²) in [7, 11) is 1.52. The average Bonchev–Trinajstić information content (AvgIpc) is 2.85. The van der Waals surface area contributed by atoms with Gasteiger partial charge in [0.2, 0.25) is 0 Å². The highest BCUT2D eigenvalue weighted by Gasteiger charge is 2.24. The predicted octanol–water partition coefficient (Wildman–Crippen LogP) is 1.96. The number of aromatic nitrogens is 3. The Bertz CT molecular complexity index is 492. The zero-order chi connectivity index (χ0) is 12.5. The zero-order valence-corrected chi connectivity index (χ0v) is 11.3. The van der Waals surface area contributed by atoms with Crippen LogP contribution < -0.4 is 0 Å². The zero-order valence-electron chi connectivity index (χ0n) is 9.76. The van der Waals surface area contributed by atoms with E-state index < -0.39 is 9.05 Å². The molecule has 0 aliphatic heterocycles. The average molecular weight is 278 g/mol. The van der Waals surface area contributed by atoms with Crippen molar-refractivity contribution in [3.8, 4) is 0 Å². The van der Waals surface area contributed by atoms with Crippen molar-refractivity contribution in [2.24, 2.45) is 5.92 Å². The van der Waals surface area contributed by atoms with Crippen molar-refractivity contribution >= 4 is 19.7 Å². The summed E-state index contributed by atoms with van der Waals surface area (Å²) in [6.45, 7) is 2.39. The number of rotatable bonds is 4. The van der Waals surface area contributed by atoms with E-state index in [1.165, 1.54) is 25.7 Å². The summed E-state index contributed by atoms with van der Waals surface area (Å²) in [6, 6.07) is 0. The van der Waals surface area contributed by atoms with Gasteiger partial charge in [0, 0.05) is 23.6 Å². The van der Waals surface area contributed by atoms with E-state index in [1.54, 1.807) is 4.57 Å². The van der Waals surface area contributed by atoms with Crippen molar-refractivity contribution in [1.82, 2.24) is 14.8 Å². The topological polar surface area (TPSA) is 64.8 Å². The molecule has 0 spiro atoms. The molecule has 0 atom stereocenters. The van der Waals surface area contributed by atoms with Gasteiger partial charge in [-0.3, -0.25) is 0 Å². The lowest BCUT2D eigenvalue weighted by Gasteiger charge is -2.09. The maximum absolute atomic E-state index is 11.3. The summed E-state index contributed by atoms with van der Waals surface area (Å²) in [5.41, 5.74) is 0. The summed E-state index contributed by atoms with van der Waals surface area (Å²) in [5.74, 6) is 1.34. The van der Waals surface area contributed by atoms with Crippen LogP contribution in [0.2, 0.25) is 0 Å². The van der Waals surface area contributed by atoms with Gasteiger partial charge < -0.3 is 4.57 Å². The van der Waals surface area contributed by atoms with E-state index in [4.69, 9.17) is 10.7 Å². The maximum atomic E-state index is 11.3. The minimum atomic E-state index is -3.80.